The quantitative estimate of drug-likeness (QED) is 0.810. The normalized spacial score (nSPS) is 11.2. The van der Waals surface area contributed by atoms with Gasteiger partial charge in [-0.25, -0.2) is 0 Å². The van der Waals surface area contributed by atoms with Gasteiger partial charge in [-0.05, 0) is 23.1 Å². The average molecular weight is 242 g/mol. The summed E-state index contributed by atoms with van der Waals surface area (Å²) >= 11 is 6.09. The van der Waals surface area contributed by atoms with Crippen LogP contribution < -0.4 is 9.84 Å². The predicted octanol–water partition coefficient (Wildman–Crippen LogP) is 1.77. The molecule has 0 aromatic heterocycles. The molecule has 16 heavy (non-hydrogen) atoms. The summed E-state index contributed by atoms with van der Waals surface area (Å²) in [5.74, 6) is -0.821. The molecule has 0 aliphatic rings. The molecule has 0 saturated carbocycles. The molecule has 0 unspecified atom stereocenters. The lowest BCUT2D eigenvalue weighted by Gasteiger charge is -2.21. The van der Waals surface area contributed by atoms with Crippen molar-refractivity contribution in [2.75, 3.05) is 6.61 Å². The molecule has 88 valence electrons. The Morgan fingerprint density at radius 1 is 1.44 bits per heavy atom. The summed E-state index contributed by atoms with van der Waals surface area (Å²) in [6.45, 7) is 5.69. The Balaban J connectivity index is 2.87. The van der Waals surface area contributed by atoms with Gasteiger partial charge in [0.25, 0.3) is 0 Å². The van der Waals surface area contributed by atoms with E-state index in [0.717, 1.165) is 5.56 Å². The number of carbonyl (C=O) groups excluding carboxylic acids is 1. The molecule has 0 heterocycles. The molecule has 1 aromatic rings. The zero-order valence-corrected chi connectivity index (χ0v) is 10.3. The molecule has 0 atom stereocenters. The van der Waals surface area contributed by atoms with E-state index in [4.69, 9.17) is 16.3 Å². The maximum absolute atomic E-state index is 10.2. The third-order valence-electron chi connectivity index (χ3n) is 2.11. The molecule has 0 bridgehead atoms. The van der Waals surface area contributed by atoms with Crippen molar-refractivity contribution in [3.63, 3.8) is 0 Å². The first-order valence-electron chi connectivity index (χ1n) is 4.93. The highest BCUT2D eigenvalue weighted by molar-refractivity contribution is 6.31. The Labute approximate surface area is 100.0 Å². The van der Waals surface area contributed by atoms with Gasteiger partial charge in [-0.2, -0.15) is 0 Å². The molecule has 4 heteroatoms. The summed E-state index contributed by atoms with van der Waals surface area (Å²) in [7, 11) is 0. The molecule has 1 aromatic carbocycles. The Hall–Kier alpha value is -1.22. The van der Waals surface area contributed by atoms with Crippen LogP contribution in [0.5, 0.6) is 5.75 Å². The summed E-state index contributed by atoms with van der Waals surface area (Å²) < 4.78 is 4.97. The van der Waals surface area contributed by atoms with Gasteiger partial charge in [0.2, 0.25) is 0 Å². The van der Waals surface area contributed by atoms with E-state index in [1.54, 1.807) is 12.1 Å². The highest BCUT2D eigenvalue weighted by atomic mass is 35.5. The lowest BCUT2D eigenvalue weighted by molar-refractivity contribution is -0.307. The Morgan fingerprint density at radius 3 is 2.50 bits per heavy atom. The van der Waals surface area contributed by atoms with Gasteiger partial charge in [0.15, 0.2) is 0 Å². The molecule has 0 amide bonds. The van der Waals surface area contributed by atoms with E-state index in [2.05, 4.69) is 20.8 Å². The highest BCUT2D eigenvalue weighted by Crippen LogP contribution is 2.31. The molecule has 0 aliphatic heterocycles. The fourth-order valence-corrected chi connectivity index (χ4v) is 1.79. The van der Waals surface area contributed by atoms with Crippen LogP contribution in [0.2, 0.25) is 5.02 Å². The second-order valence-electron chi connectivity index (χ2n) is 4.55. The molecular weight excluding hydrogens is 228 g/mol. The SMILES string of the molecule is CC(C)(C)c1ccc(OCC(=O)[O-])cc1Cl. The van der Waals surface area contributed by atoms with Gasteiger partial charge < -0.3 is 14.6 Å². The van der Waals surface area contributed by atoms with Crippen molar-refractivity contribution in [3.05, 3.63) is 28.8 Å². The molecule has 3 nitrogen and oxygen atoms in total. The van der Waals surface area contributed by atoms with Crippen LogP contribution >= 0.6 is 11.6 Å². The highest BCUT2D eigenvalue weighted by Gasteiger charge is 2.17. The smallest absolute Gasteiger partial charge is 0.128 e. The summed E-state index contributed by atoms with van der Waals surface area (Å²) in [5, 5.41) is 10.8. The molecule has 0 radical (unpaired) electrons. The van der Waals surface area contributed by atoms with Gasteiger partial charge in [-0.15, -0.1) is 0 Å². The Morgan fingerprint density at radius 2 is 2.06 bits per heavy atom. The van der Waals surface area contributed by atoms with Crippen molar-refractivity contribution in [1.29, 1.82) is 0 Å². The molecule has 0 N–H and O–H groups in total. The molecular formula is C12H14ClO3-. The van der Waals surface area contributed by atoms with Gasteiger partial charge in [-0.1, -0.05) is 38.4 Å². The van der Waals surface area contributed by atoms with Crippen molar-refractivity contribution >= 4 is 17.6 Å². The maximum atomic E-state index is 10.2. The van der Waals surface area contributed by atoms with Gasteiger partial charge in [0.1, 0.15) is 12.4 Å². The standard InChI is InChI=1S/C12H15ClO3/c1-12(2,3)9-5-4-8(6-10(9)13)16-7-11(14)15/h4-6H,7H2,1-3H3,(H,14,15)/p-1. The van der Waals surface area contributed by atoms with Crippen molar-refractivity contribution < 1.29 is 14.6 Å². The largest absolute Gasteiger partial charge is 0.546 e. The Kier molecular flexibility index (Phi) is 3.81. The summed E-state index contributed by atoms with van der Waals surface area (Å²) in [6.07, 6.45) is 0. The topological polar surface area (TPSA) is 49.4 Å². The molecule has 0 aliphatic carbocycles. The summed E-state index contributed by atoms with van der Waals surface area (Å²) in [5.41, 5.74) is 0.944. The number of benzene rings is 1. The van der Waals surface area contributed by atoms with Gasteiger partial charge >= 0.3 is 0 Å². The van der Waals surface area contributed by atoms with Crippen LogP contribution in [-0.4, -0.2) is 12.6 Å². The van der Waals surface area contributed by atoms with Crippen molar-refractivity contribution in [3.8, 4) is 5.75 Å². The molecule has 0 saturated heterocycles. The van der Waals surface area contributed by atoms with E-state index < -0.39 is 12.6 Å². The fraction of sp³-hybridized carbons (Fsp3) is 0.417. The zero-order valence-electron chi connectivity index (χ0n) is 9.54. The van der Waals surface area contributed by atoms with Gasteiger partial charge in [-0.3, -0.25) is 0 Å². The van der Waals surface area contributed by atoms with Crippen molar-refractivity contribution in [2.24, 2.45) is 0 Å². The minimum Gasteiger partial charge on any atom is -0.546 e. The molecule has 1 rings (SSSR count). The average Bonchev–Trinajstić information content (AvgIpc) is 2.12. The maximum Gasteiger partial charge on any atom is 0.128 e. The van der Waals surface area contributed by atoms with E-state index in [-0.39, 0.29) is 5.41 Å². The number of aliphatic carboxylic acids is 1. The minimum atomic E-state index is -1.25. The number of hydrogen-bond donors (Lipinski definition) is 0. The number of ether oxygens (including phenoxy) is 1. The lowest BCUT2D eigenvalue weighted by atomic mass is 9.87. The number of hydrogen-bond acceptors (Lipinski definition) is 3. The van der Waals surface area contributed by atoms with Crippen LogP contribution in [0, 0.1) is 0 Å². The van der Waals surface area contributed by atoms with Crippen LogP contribution in [0.25, 0.3) is 0 Å². The van der Waals surface area contributed by atoms with E-state index in [9.17, 15) is 9.90 Å². The number of carbonyl (C=O) groups is 1. The zero-order chi connectivity index (χ0) is 12.3. The van der Waals surface area contributed by atoms with Crippen LogP contribution in [0.4, 0.5) is 0 Å². The third kappa shape index (κ3) is 3.42. The lowest BCUT2D eigenvalue weighted by Crippen LogP contribution is -2.28. The van der Waals surface area contributed by atoms with Crippen LogP contribution in [0.3, 0.4) is 0 Å². The summed E-state index contributed by atoms with van der Waals surface area (Å²) in [6, 6.07) is 5.16. The van der Waals surface area contributed by atoms with E-state index in [0.29, 0.717) is 10.8 Å². The van der Waals surface area contributed by atoms with E-state index in [1.807, 2.05) is 6.07 Å². The van der Waals surface area contributed by atoms with Gasteiger partial charge in [0.05, 0.1) is 5.97 Å². The van der Waals surface area contributed by atoms with Crippen molar-refractivity contribution in [1.82, 2.24) is 0 Å². The molecule has 0 fully saturated rings. The van der Waals surface area contributed by atoms with Crippen LogP contribution in [-0.2, 0) is 10.2 Å². The minimum absolute atomic E-state index is 0.0516. The first kappa shape index (κ1) is 12.8. The fourth-order valence-electron chi connectivity index (χ4n) is 1.34. The second kappa shape index (κ2) is 4.74. The first-order valence-corrected chi connectivity index (χ1v) is 5.31. The predicted molar refractivity (Wildman–Crippen MR) is 60.7 cm³/mol. The molecule has 0 spiro atoms. The monoisotopic (exact) mass is 241 g/mol. The van der Waals surface area contributed by atoms with E-state index >= 15 is 0 Å². The third-order valence-corrected chi connectivity index (χ3v) is 2.42. The first-order chi connectivity index (χ1) is 7.30. The number of carboxylic acid groups (broad SMARTS) is 1. The van der Waals surface area contributed by atoms with Gasteiger partial charge in [0, 0.05) is 5.02 Å². The van der Waals surface area contributed by atoms with E-state index in [1.165, 1.54) is 0 Å². The summed E-state index contributed by atoms with van der Waals surface area (Å²) in [4.78, 5) is 10.2. The Bertz CT molecular complexity index is 394. The number of halogens is 1. The van der Waals surface area contributed by atoms with Crippen molar-refractivity contribution in [2.45, 2.75) is 26.2 Å². The van der Waals surface area contributed by atoms with Crippen LogP contribution in [0.15, 0.2) is 18.2 Å². The van der Waals surface area contributed by atoms with Crippen LogP contribution in [0.1, 0.15) is 26.3 Å². The number of carboxylic acids is 1. The number of rotatable bonds is 3. The second-order valence-corrected chi connectivity index (χ2v) is 4.96.